The van der Waals surface area contributed by atoms with Gasteiger partial charge in [-0.15, -0.1) is 0 Å². The van der Waals surface area contributed by atoms with Crippen LogP contribution in [0.4, 0.5) is 23.5 Å². The van der Waals surface area contributed by atoms with Crippen LogP contribution >= 0.6 is 0 Å². The zero-order valence-corrected chi connectivity index (χ0v) is 30.3. The number of rotatable bonds is 8. The van der Waals surface area contributed by atoms with E-state index in [1.165, 1.54) is 35.2 Å². The zero-order chi connectivity index (χ0) is 38.8. The lowest BCUT2D eigenvalue weighted by molar-refractivity contribution is -0.154. The van der Waals surface area contributed by atoms with Crippen LogP contribution in [0.3, 0.4) is 0 Å². The summed E-state index contributed by atoms with van der Waals surface area (Å²) in [6.07, 6.45) is 6.81. The monoisotopic (exact) mass is 769 g/mol. The molecule has 0 spiro atoms. The molecule has 5 heterocycles. The number of nitrogens with zero attached hydrogens (tertiary/aromatic N) is 6. The van der Waals surface area contributed by atoms with Crippen LogP contribution < -0.4 is 15.0 Å². The Morgan fingerprint density at radius 2 is 1.62 bits per heavy atom. The number of ether oxygens (including phenoxy) is 1. The van der Waals surface area contributed by atoms with E-state index in [0.29, 0.717) is 86.1 Å². The number of hydrogen-bond donors (Lipinski definition) is 2. The smallest absolute Gasteiger partial charge is 0.434 e. The summed E-state index contributed by atoms with van der Waals surface area (Å²) in [7, 11) is 0. The first-order chi connectivity index (χ1) is 27.0. The minimum atomic E-state index is -5.06. The highest BCUT2D eigenvalue weighted by atomic mass is 19.4. The van der Waals surface area contributed by atoms with Crippen molar-refractivity contribution in [1.82, 2.24) is 29.8 Å². The van der Waals surface area contributed by atoms with Crippen LogP contribution in [0.1, 0.15) is 67.4 Å². The predicted molar refractivity (Wildman–Crippen MR) is 197 cm³/mol. The number of carbonyl (C=O) groups is 2. The van der Waals surface area contributed by atoms with Gasteiger partial charge in [0, 0.05) is 67.7 Å². The average molecular weight is 770 g/mol. The number of pyridine rings is 2. The molecule has 1 amide bonds. The Hall–Kier alpha value is -5.60. The van der Waals surface area contributed by atoms with Crippen LogP contribution in [0.5, 0.6) is 5.75 Å². The third kappa shape index (κ3) is 6.30. The van der Waals surface area contributed by atoms with Crippen LogP contribution in [0.15, 0.2) is 73.3 Å². The molecule has 1 aromatic carbocycles. The van der Waals surface area contributed by atoms with E-state index < -0.39 is 40.7 Å². The number of aromatic nitrogens is 5. The number of nitrogens with one attached hydrogen (secondary N) is 1. The number of anilines is 1. The van der Waals surface area contributed by atoms with Crippen molar-refractivity contribution >= 4 is 28.7 Å². The number of alkyl halides is 3. The Morgan fingerprint density at radius 3 is 2.38 bits per heavy atom. The molecule has 15 heteroatoms. The molecule has 5 aromatic rings. The van der Waals surface area contributed by atoms with Crippen LogP contribution in [0.25, 0.3) is 28.0 Å². The summed E-state index contributed by atoms with van der Waals surface area (Å²) in [4.78, 5) is 45.9. The van der Waals surface area contributed by atoms with Gasteiger partial charge in [-0.3, -0.25) is 9.36 Å². The summed E-state index contributed by atoms with van der Waals surface area (Å²) in [5.41, 5.74) is -3.30. The van der Waals surface area contributed by atoms with Gasteiger partial charge in [0.2, 0.25) is 5.95 Å². The highest BCUT2D eigenvalue weighted by Gasteiger charge is 2.60. The average Bonchev–Trinajstić information content (AvgIpc) is 3.44. The largest absolute Gasteiger partial charge is 0.490 e. The van der Waals surface area contributed by atoms with Crippen molar-refractivity contribution in [3.05, 3.63) is 90.4 Å². The zero-order valence-electron chi connectivity index (χ0n) is 30.3. The highest BCUT2D eigenvalue weighted by molar-refractivity contribution is 6.01. The molecule has 5 atom stereocenters. The van der Waals surface area contributed by atoms with E-state index in [2.05, 4.69) is 30.2 Å². The van der Waals surface area contributed by atoms with Crippen molar-refractivity contribution in [3.8, 4) is 22.8 Å². The van der Waals surface area contributed by atoms with Gasteiger partial charge in [0.05, 0.1) is 16.8 Å². The van der Waals surface area contributed by atoms with E-state index in [1.54, 1.807) is 36.7 Å². The van der Waals surface area contributed by atoms with Crippen LogP contribution in [0.2, 0.25) is 0 Å². The molecule has 2 N–H and O–H groups in total. The summed E-state index contributed by atoms with van der Waals surface area (Å²) in [6, 6.07) is 11.9. The van der Waals surface area contributed by atoms with E-state index in [-0.39, 0.29) is 35.0 Å². The van der Waals surface area contributed by atoms with Gasteiger partial charge in [-0.25, -0.2) is 29.1 Å². The van der Waals surface area contributed by atoms with Crippen LogP contribution in [0, 0.1) is 29.5 Å². The van der Waals surface area contributed by atoms with E-state index in [9.17, 15) is 27.9 Å². The van der Waals surface area contributed by atoms with E-state index in [1.807, 2.05) is 0 Å². The molecule has 10 rings (SSSR count). The summed E-state index contributed by atoms with van der Waals surface area (Å²) >= 11 is 0. The molecular weight excluding hydrogens is 730 g/mol. The normalized spacial score (nSPS) is 25.0. The maximum atomic E-state index is 15.3. The van der Waals surface area contributed by atoms with Gasteiger partial charge in [-0.1, -0.05) is 6.42 Å². The maximum absolute atomic E-state index is 15.3. The van der Waals surface area contributed by atoms with Gasteiger partial charge in [0.25, 0.3) is 5.91 Å². The van der Waals surface area contributed by atoms with Crippen molar-refractivity contribution in [1.29, 1.82) is 0 Å². The molecule has 5 unspecified atom stereocenters. The van der Waals surface area contributed by atoms with Crippen LogP contribution in [-0.2, 0) is 11.0 Å². The first-order valence-corrected chi connectivity index (χ1v) is 19.1. The molecular formula is C41H39F4N7O4. The predicted octanol–water partition coefficient (Wildman–Crippen LogP) is 7.48. The van der Waals surface area contributed by atoms with Crippen molar-refractivity contribution in [2.24, 2.45) is 23.7 Å². The van der Waals surface area contributed by atoms with Gasteiger partial charge >= 0.3 is 12.1 Å². The van der Waals surface area contributed by atoms with Crippen LogP contribution in [-0.4, -0.2) is 66.2 Å². The summed E-state index contributed by atoms with van der Waals surface area (Å²) < 4.78 is 67.7. The molecule has 4 aromatic heterocycles. The number of carboxylic acids is 1. The summed E-state index contributed by atoms with van der Waals surface area (Å²) in [6.45, 7) is 1.36. The number of fused-ring (bicyclic) bond motifs is 2. The Kier molecular flexibility index (Phi) is 8.92. The number of amides is 1. The van der Waals surface area contributed by atoms with Gasteiger partial charge in [-0.2, -0.15) is 13.2 Å². The fourth-order valence-electron chi connectivity index (χ4n) is 9.97. The first-order valence-electron chi connectivity index (χ1n) is 19.1. The lowest BCUT2D eigenvalue weighted by Crippen LogP contribution is -2.66. The van der Waals surface area contributed by atoms with Crippen molar-refractivity contribution in [2.75, 3.05) is 18.0 Å². The molecule has 5 fully saturated rings. The lowest BCUT2D eigenvalue weighted by Gasteiger charge is -2.50. The van der Waals surface area contributed by atoms with Gasteiger partial charge < -0.3 is 20.1 Å². The quantitative estimate of drug-likeness (QED) is 0.154. The molecule has 5 aliphatic rings. The fourth-order valence-corrected chi connectivity index (χ4v) is 9.97. The third-order valence-electron chi connectivity index (χ3n) is 12.4. The number of benzene rings is 1. The molecule has 4 aliphatic carbocycles. The Bertz CT molecular complexity index is 2300. The van der Waals surface area contributed by atoms with Gasteiger partial charge in [0.15, 0.2) is 17.3 Å². The number of piperidine rings is 1. The minimum absolute atomic E-state index is 0.0744. The van der Waals surface area contributed by atoms with Gasteiger partial charge in [-0.05, 0) is 98.2 Å². The molecule has 56 heavy (non-hydrogen) atoms. The Morgan fingerprint density at radius 1 is 0.875 bits per heavy atom. The summed E-state index contributed by atoms with van der Waals surface area (Å²) in [5.74, 6) is -1.93. The first kappa shape index (κ1) is 36.1. The number of halogens is 4. The fraction of sp³-hybridized carbons (Fsp3) is 0.415. The number of carboxylic acid groups (broad SMARTS) is 1. The summed E-state index contributed by atoms with van der Waals surface area (Å²) in [5, 5.41) is 13.7. The van der Waals surface area contributed by atoms with Gasteiger partial charge in [0.1, 0.15) is 17.4 Å². The molecule has 11 nitrogen and oxygen atoms in total. The third-order valence-corrected chi connectivity index (χ3v) is 12.4. The van der Waals surface area contributed by atoms with E-state index >= 15 is 4.39 Å². The maximum Gasteiger partial charge on any atom is 0.434 e. The standard InChI is InChI=1S/C41H39F4N7O4/c42-32-3-1-12-46-36(32)52-22-31(29-7-6-28(21-34(29)52)56-27-10-15-51(16-11-27)39-47-13-2-14-48-39)33-9-8-30(35(49-33)41(43,44)45)37(53)50-40(38(54)55)25-5-4-23-17-24(19-25)20-26(40)18-23/h1-3,6-9,12-14,21-27H,4-5,10-11,15-20H2,(H,50,53)(H,54,55). The van der Waals surface area contributed by atoms with Crippen molar-refractivity contribution in [3.63, 3.8) is 0 Å². The molecule has 1 saturated heterocycles. The molecule has 0 radical (unpaired) electrons. The second kappa shape index (κ2) is 13.9. The van der Waals surface area contributed by atoms with Crippen molar-refractivity contribution < 1.29 is 37.0 Å². The molecule has 4 bridgehead atoms. The number of hydrogen-bond acceptors (Lipinski definition) is 8. The topological polar surface area (TPSA) is 135 Å². The second-order valence-corrected chi connectivity index (χ2v) is 15.6. The lowest BCUT2D eigenvalue weighted by atomic mass is 9.58. The Labute approximate surface area is 319 Å². The molecule has 290 valence electrons. The van der Waals surface area contributed by atoms with E-state index in [4.69, 9.17) is 4.74 Å². The SMILES string of the molecule is O=C(NC1(C(=O)O)C2CCC3CC(C2)CC1C3)c1ccc(-c2cn(-c3ncccc3F)c3cc(OC4CCN(c5ncccn5)CC4)ccc23)nc1C(F)(F)F. The minimum Gasteiger partial charge on any atom is -0.490 e. The second-order valence-electron chi connectivity index (χ2n) is 15.6. The number of carbonyl (C=O) groups excluding carboxylic acids is 1. The number of aliphatic carboxylic acids is 1. The van der Waals surface area contributed by atoms with Crippen molar-refractivity contribution in [2.45, 2.75) is 69.2 Å². The Balaban J connectivity index is 1.05. The molecule has 1 aliphatic heterocycles. The molecule has 4 saturated carbocycles. The van der Waals surface area contributed by atoms with E-state index in [0.717, 1.165) is 18.9 Å². The highest BCUT2D eigenvalue weighted by Crippen LogP contribution is 2.56.